The summed E-state index contributed by atoms with van der Waals surface area (Å²) < 4.78 is 47.8. The maximum Gasteiger partial charge on any atom is 0.326 e. The molecule has 1 amide bonds. The number of halogens is 1. The monoisotopic (exact) mass is 411 g/mol. The molecule has 0 spiro atoms. The Bertz CT molecular complexity index is 953. The van der Waals surface area contributed by atoms with Gasteiger partial charge >= 0.3 is 10.2 Å². The van der Waals surface area contributed by atoms with Crippen molar-refractivity contribution in [2.75, 3.05) is 23.9 Å². The molecular formula is C18H22FN3O5S. The Kier molecular flexibility index (Phi) is 4.08. The van der Waals surface area contributed by atoms with Gasteiger partial charge in [0.25, 0.3) is 5.91 Å². The number of fused-ring (bicyclic) bond motifs is 3. The number of ether oxygens (including phenoxy) is 1. The largest absolute Gasteiger partial charge is 0.506 e. The highest BCUT2D eigenvalue weighted by Crippen LogP contribution is 2.41. The van der Waals surface area contributed by atoms with Crippen molar-refractivity contribution in [3.8, 4) is 5.75 Å². The Hall–Kier alpha value is -1.91. The van der Waals surface area contributed by atoms with Gasteiger partial charge in [-0.05, 0) is 37.3 Å². The van der Waals surface area contributed by atoms with E-state index in [1.54, 1.807) is 4.72 Å². The van der Waals surface area contributed by atoms with Crippen LogP contribution in [0.2, 0.25) is 0 Å². The molecule has 2 bridgehead atoms. The molecule has 4 heterocycles. The average Bonchev–Trinajstić information content (AvgIpc) is 3.30. The van der Waals surface area contributed by atoms with Crippen molar-refractivity contribution in [1.29, 1.82) is 0 Å². The van der Waals surface area contributed by atoms with E-state index in [2.05, 4.69) is 4.90 Å². The molecule has 4 aliphatic heterocycles. The number of amides is 1. The van der Waals surface area contributed by atoms with Crippen LogP contribution in [-0.2, 0) is 32.7 Å². The second-order valence-corrected chi connectivity index (χ2v) is 9.68. The van der Waals surface area contributed by atoms with Gasteiger partial charge in [0.1, 0.15) is 18.0 Å². The topological polar surface area (TPSA) is 99.2 Å². The van der Waals surface area contributed by atoms with Crippen molar-refractivity contribution in [3.63, 3.8) is 0 Å². The molecule has 4 aliphatic rings. The zero-order chi connectivity index (χ0) is 19.6. The van der Waals surface area contributed by atoms with E-state index in [0.717, 1.165) is 32.4 Å². The number of anilines is 1. The van der Waals surface area contributed by atoms with Crippen LogP contribution in [0.1, 0.15) is 30.4 Å². The molecule has 1 aromatic carbocycles. The van der Waals surface area contributed by atoms with Gasteiger partial charge in [-0.3, -0.25) is 9.69 Å². The minimum absolute atomic E-state index is 0.290. The Morgan fingerprint density at radius 1 is 1.32 bits per heavy atom. The lowest BCUT2D eigenvalue weighted by molar-refractivity contribution is -0.117. The minimum atomic E-state index is -4.20. The van der Waals surface area contributed by atoms with Crippen molar-refractivity contribution in [2.24, 2.45) is 5.92 Å². The van der Waals surface area contributed by atoms with Gasteiger partial charge in [0.15, 0.2) is 5.82 Å². The molecule has 5 rings (SSSR count). The zero-order valence-electron chi connectivity index (χ0n) is 15.2. The molecule has 0 aliphatic carbocycles. The lowest BCUT2D eigenvalue weighted by atomic mass is 9.88. The number of phenolic OH excluding ortho intramolecular Hbond substituents is 1. The average molecular weight is 411 g/mol. The van der Waals surface area contributed by atoms with Crippen LogP contribution in [0.15, 0.2) is 6.07 Å². The van der Waals surface area contributed by atoms with Crippen LogP contribution in [0, 0.1) is 11.7 Å². The molecule has 8 nitrogen and oxygen atoms in total. The van der Waals surface area contributed by atoms with Crippen LogP contribution in [0.4, 0.5) is 10.1 Å². The van der Waals surface area contributed by atoms with Crippen molar-refractivity contribution in [2.45, 2.75) is 44.4 Å². The van der Waals surface area contributed by atoms with Gasteiger partial charge in [0, 0.05) is 31.1 Å². The van der Waals surface area contributed by atoms with E-state index >= 15 is 4.39 Å². The van der Waals surface area contributed by atoms with Crippen LogP contribution in [0.25, 0.3) is 0 Å². The normalized spacial score (nSPS) is 31.2. The maximum atomic E-state index is 15.3. The number of aromatic hydroxyl groups is 1. The Balaban J connectivity index is 1.42. The van der Waals surface area contributed by atoms with Gasteiger partial charge in [-0.25, -0.2) is 13.4 Å². The Morgan fingerprint density at radius 2 is 2.14 bits per heavy atom. The summed E-state index contributed by atoms with van der Waals surface area (Å²) >= 11 is 0. The first-order chi connectivity index (χ1) is 13.3. The van der Waals surface area contributed by atoms with Crippen LogP contribution < -0.4 is 9.03 Å². The van der Waals surface area contributed by atoms with E-state index in [4.69, 9.17) is 4.74 Å². The molecule has 152 valence electrons. The fourth-order valence-electron chi connectivity index (χ4n) is 5.00. The van der Waals surface area contributed by atoms with E-state index in [1.165, 1.54) is 6.07 Å². The number of benzene rings is 1. The molecular weight excluding hydrogens is 389 g/mol. The smallest absolute Gasteiger partial charge is 0.326 e. The minimum Gasteiger partial charge on any atom is -0.506 e. The number of hydrogen-bond donors (Lipinski definition) is 2. The summed E-state index contributed by atoms with van der Waals surface area (Å²) in [6.07, 6.45) is 4.47. The predicted octanol–water partition coefficient (Wildman–Crippen LogP) is 0.638. The SMILES string of the molecule is O=C1CN(c2c(O)cc3c(c2F)CN(CC2CC4CCC2O4)CC3)S(=O)(=O)N1. The standard InChI is InChI=1S/C18H22FN3O5S/c19-17-13-8-21(7-11-5-12-1-2-15(11)27-12)4-3-10(13)6-14(23)18(17)22-9-16(24)20-28(22,25)26/h6,11-12,15,23H,1-5,7-9H2,(H,20,24). The predicted molar refractivity (Wildman–Crippen MR) is 97.5 cm³/mol. The van der Waals surface area contributed by atoms with Gasteiger partial charge in [-0.1, -0.05) is 0 Å². The summed E-state index contributed by atoms with van der Waals surface area (Å²) in [6, 6.07) is 1.42. The molecule has 0 radical (unpaired) electrons. The number of rotatable bonds is 3. The first-order valence-electron chi connectivity index (χ1n) is 9.56. The summed E-state index contributed by atoms with van der Waals surface area (Å²) in [4.78, 5) is 13.7. The number of carbonyl (C=O) groups excluding carboxylic acids is 1. The summed E-state index contributed by atoms with van der Waals surface area (Å²) in [6.45, 7) is 1.37. The molecule has 28 heavy (non-hydrogen) atoms. The van der Waals surface area contributed by atoms with Gasteiger partial charge in [0.05, 0.1) is 12.2 Å². The maximum absolute atomic E-state index is 15.3. The second kappa shape index (κ2) is 6.30. The Labute approximate surface area is 162 Å². The number of nitrogens with zero attached hydrogens (tertiary/aromatic N) is 2. The highest BCUT2D eigenvalue weighted by atomic mass is 32.2. The van der Waals surface area contributed by atoms with Crippen LogP contribution >= 0.6 is 0 Å². The third-order valence-electron chi connectivity index (χ3n) is 6.29. The molecule has 2 N–H and O–H groups in total. The Morgan fingerprint density at radius 3 is 2.79 bits per heavy atom. The molecule has 10 heteroatoms. The van der Waals surface area contributed by atoms with E-state index in [0.29, 0.717) is 46.5 Å². The van der Waals surface area contributed by atoms with E-state index in [9.17, 15) is 18.3 Å². The van der Waals surface area contributed by atoms with Gasteiger partial charge in [-0.2, -0.15) is 8.42 Å². The fraction of sp³-hybridized carbons (Fsp3) is 0.611. The number of hydrogen-bond acceptors (Lipinski definition) is 6. The highest BCUT2D eigenvalue weighted by molar-refractivity contribution is 7.92. The summed E-state index contributed by atoms with van der Waals surface area (Å²) in [5.41, 5.74) is 0.606. The van der Waals surface area contributed by atoms with Crippen LogP contribution in [0.5, 0.6) is 5.75 Å². The third kappa shape index (κ3) is 2.85. The lowest BCUT2D eigenvalue weighted by Gasteiger charge is -2.33. The number of carbonyl (C=O) groups is 1. The zero-order valence-corrected chi connectivity index (χ0v) is 16.0. The second-order valence-electron chi connectivity index (χ2n) is 8.09. The molecule has 3 fully saturated rings. The highest BCUT2D eigenvalue weighted by Gasteiger charge is 2.42. The van der Waals surface area contributed by atoms with Crippen molar-refractivity contribution >= 4 is 21.8 Å². The quantitative estimate of drug-likeness (QED) is 0.757. The van der Waals surface area contributed by atoms with Crippen molar-refractivity contribution < 1.29 is 27.4 Å². The molecule has 0 saturated carbocycles. The summed E-state index contributed by atoms with van der Waals surface area (Å²) in [7, 11) is -4.20. The van der Waals surface area contributed by atoms with E-state index in [1.807, 2.05) is 0 Å². The van der Waals surface area contributed by atoms with Gasteiger partial charge < -0.3 is 9.84 Å². The molecule has 1 aromatic rings. The van der Waals surface area contributed by atoms with Crippen molar-refractivity contribution in [1.82, 2.24) is 9.62 Å². The molecule has 3 unspecified atom stereocenters. The van der Waals surface area contributed by atoms with Crippen LogP contribution in [-0.4, -0.2) is 56.2 Å². The number of nitrogens with one attached hydrogen (secondary N) is 1. The van der Waals surface area contributed by atoms with Gasteiger partial charge in [0.2, 0.25) is 0 Å². The third-order valence-corrected chi connectivity index (χ3v) is 7.66. The molecule has 3 saturated heterocycles. The van der Waals surface area contributed by atoms with Crippen molar-refractivity contribution in [3.05, 3.63) is 23.0 Å². The summed E-state index contributed by atoms with van der Waals surface area (Å²) in [5.74, 6) is -1.55. The lowest BCUT2D eigenvalue weighted by Crippen LogP contribution is -2.38. The summed E-state index contributed by atoms with van der Waals surface area (Å²) in [5, 5.41) is 10.3. The fourth-order valence-corrected chi connectivity index (χ4v) is 6.16. The molecule has 0 aromatic heterocycles. The van der Waals surface area contributed by atoms with E-state index in [-0.39, 0.29) is 0 Å². The molecule has 3 atom stereocenters. The first-order valence-corrected chi connectivity index (χ1v) is 11.0. The first kappa shape index (κ1) is 18.1. The van der Waals surface area contributed by atoms with Crippen LogP contribution in [0.3, 0.4) is 0 Å². The van der Waals surface area contributed by atoms with E-state index < -0.39 is 39.9 Å². The number of phenols is 1. The van der Waals surface area contributed by atoms with Gasteiger partial charge in [-0.15, -0.1) is 0 Å².